The van der Waals surface area contributed by atoms with E-state index in [0.717, 1.165) is 12.0 Å². The lowest BCUT2D eigenvalue weighted by atomic mass is 9.86. The highest BCUT2D eigenvalue weighted by Gasteiger charge is 2.41. The van der Waals surface area contributed by atoms with Crippen molar-refractivity contribution in [3.05, 3.63) is 59.2 Å². The summed E-state index contributed by atoms with van der Waals surface area (Å²) >= 11 is 0. The zero-order chi connectivity index (χ0) is 18.4. The molecule has 0 bridgehead atoms. The molecule has 3 nitrogen and oxygen atoms in total. The van der Waals surface area contributed by atoms with E-state index in [4.69, 9.17) is 10.5 Å². The van der Waals surface area contributed by atoms with Crippen molar-refractivity contribution < 1.29 is 9.53 Å². The summed E-state index contributed by atoms with van der Waals surface area (Å²) in [7, 11) is 0. The van der Waals surface area contributed by atoms with Gasteiger partial charge in [-0.3, -0.25) is 0 Å². The van der Waals surface area contributed by atoms with Crippen LogP contribution in [-0.2, 0) is 16.6 Å². The molecule has 1 aliphatic carbocycles. The number of nitrogens with two attached hydrogens (primary N) is 1. The zero-order valence-corrected chi connectivity index (χ0v) is 15.7. The molecule has 0 spiro atoms. The fourth-order valence-electron chi connectivity index (χ4n) is 3.70. The summed E-state index contributed by atoms with van der Waals surface area (Å²) in [5.74, 6) is 0. The number of fused-ring (bicyclic) bond motifs is 1. The van der Waals surface area contributed by atoms with Crippen LogP contribution in [0.4, 0.5) is 4.79 Å². The number of amides is 1. The molecule has 1 amide bonds. The van der Waals surface area contributed by atoms with E-state index in [1.807, 2.05) is 0 Å². The van der Waals surface area contributed by atoms with Gasteiger partial charge in [-0.2, -0.15) is 0 Å². The lowest BCUT2D eigenvalue weighted by Crippen LogP contribution is -2.25. The van der Waals surface area contributed by atoms with Gasteiger partial charge in [-0.25, -0.2) is 4.79 Å². The summed E-state index contributed by atoms with van der Waals surface area (Å²) in [6, 6.07) is 15.2. The minimum Gasteiger partial charge on any atom is -0.441 e. The predicted octanol–water partition coefficient (Wildman–Crippen LogP) is 5.37. The number of carbonyl (C=O) groups is 1. The SMILES string of the molecule is CC(C)(C)c1ccc(-c2ccc3c(c2)CC(C)(C)[C@H]3OC(N)=O)cc1. The zero-order valence-electron chi connectivity index (χ0n) is 15.7. The highest BCUT2D eigenvalue weighted by atomic mass is 16.6. The maximum absolute atomic E-state index is 11.3. The molecule has 3 rings (SSSR count). The van der Waals surface area contributed by atoms with Crippen LogP contribution in [0.1, 0.15) is 57.4 Å². The fourth-order valence-corrected chi connectivity index (χ4v) is 3.70. The Morgan fingerprint density at radius 3 is 2.24 bits per heavy atom. The summed E-state index contributed by atoms with van der Waals surface area (Å²) in [6.07, 6.45) is -0.126. The predicted molar refractivity (Wildman–Crippen MR) is 101 cm³/mol. The van der Waals surface area contributed by atoms with Gasteiger partial charge in [0.05, 0.1) is 0 Å². The van der Waals surface area contributed by atoms with E-state index in [1.165, 1.54) is 22.3 Å². The van der Waals surface area contributed by atoms with E-state index in [1.54, 1.807) is 0 Å². The van der Waals surface area contributed by atoms with Crippen molar-refractivity contribution in [3.63, 3.8) is 0 Å². The molecule has 0 aliphatic heterocycles. The van der Waals surface area contributed by atoms with Gasteiger partial charge in [0.1, 0.15) is 6.10 Å². The third-order valence-electron chi connectivity index (χ3n) is 5.10. The molecule has 0 fully saturated rings. The summed E-state index contributed by atoms with van der Waals surface area (Å²) in [5, 5.41) is 0. The second-order valence-corrected chi connectivity index (χ2v) is 8.72. The maximum atomic E-state index is 11.3. The van der Waals surface area contributed by atoms with Gasteiger partial charge < -0.3 is 10.5 Å². The molecular formula is C22H27NO2. The van der Waals surface area contributed by atoms with Gasteiger partial charge in [0, 0.05) is 5.41 Å². The highest BCUT2D eigenvalue weighted by molar-refractivity contribution is 5.68. The Morgan fingerprint density at radius 1 is 1.08 bits per heavy atom. The van der Waals surface area contributed by atoms with E-state index < -0.39 is 6.09 Å². The van der Waals surface area contributed by atoms with Crippen LogP contribution < -0.4 is 5.73 Å². The van der Waals surface area contributed by atoms with Crippen LogP contribution in [0.25, 0.3) is 11.1 Å². The molecule has 25 heavy (non-hydrogen) atoms. The monoisotopic (exact) mass is 337 g/mol. The van der Waals surface area contributed by atoms with Gasteiger partial charge in [-0.1, -0.05) is 77.1 Å². The first-order chi connectivity index (χ1) is 11.6. The Kier molecular flexibility index (Phi) is 4.14. The van der Waals surface area contributed by atoms with Gasteiger partial charge in [0.15, 0.2) is 0 Å². The van der Waals surface area contributed by atoms with Crippen LogP contribution in [0.5, 0.6) is 0 Å². The van der Waals surface area contributed by atoms with Crippen LogP contribution in [0.15, 0.2) is 42.5 Å². The van der Waals surface area contributed by atoms with E-state index in [0.29, 0.717) is 0 Å². The van der Waals surface area contributed by atoms with Gasteiger partial charge in [-0.05, 0) is 39.7 Å². The molecule has 2 aromatic carbocycles. The average Bonchev–Trinajstić information content (AvgIpc) is 2.76. The maximum Gasteiger partial charge on any atom is 0.405 e. The molecule has 0 unspecified atom stereocenters. The Hall–Kier alpha value is -2.29. The molecule has 0 saturated heterocycles. The molecule has 1 atom stereocenters. The third kappa shape index (κ3) is 3.41. The summed E-state index contributed by atoms with van der Waals surface area (Å²) in [4.78, 5) is 11.3. The van der Waals surface area contributed by atoms with E-state index in [9.17, 15) is 4.79 Å². The molecular weight excluding hydrogens is 310 g/mol. The number of hydrogen-bond donors (Lipinski definition) is 1. The lowest BCUT2D eigenvalue weighted by molar-refractivity contribution is 0.0392. The quantitative estimate of drug-likeness (QED) is 0.801. The fraction of sp³-hybridized carbons (Fsp3) is 0.409. The Balaban J connectivity index is 1.94. The lowest BCUT2D eigenvalue weighted by Gasteiger charge is -2.26. The third-order valence-corrected chi connectivity index (χ3v) is 5.10. The smallest absolute Gasteiger partial charge is 0.405 e. The van der Waals surface area contributed by atoms with Crippen molar-refractivity contribution in [1.29, 1.82) is 0 Å². The summed E-state index contributed by atoms with van der Waals surface area (Å²) in [5.41, 5.74) is 11.3. The van der Waals surface area contributed by atoms with E-state index in [-0.39, 0.29) is 16.9 Å². The van der Waals surface area contributed by atoms with Crippen molar-refractivity contribution >= 4 is 6.09 Å². The minimum absolute atomic E-state index is 0.147. The van der Waals surface area contributed by atoms with Crippen molar-refractivity contribution in [3.8, 4) is 11.1 Å². The molecule has 1 aliphatic rings. The van der Waals surface area contributed by atoms with E-state index >= 15 is 0 Å². The van der Waals surface area contributed by atoms with Crippen LogP contribution >= 0.6 is 0 Å². The second kappa shape index (κ2) is 5.91. The molecule has 0 aromatic heterocycles. The van der Waals surface area contributed by atoms with Crippen LogP contribution in [0.3, 0.4) is 0 Å². The molecule has 0 radical (unpaired) electrons. The molecule has 2 N–H and O–H groups in total. The topological polar surface area (TPSA) is 52.3 Å². The number of ether oxygens (including phenoxy) is 1. The van der Waals surface area contributed by atoms with Gasteiger partial charge in [0.2, 0.25) is 0 Å². The average molecular weight is 337 g/mol. The van der Waals surface area contributed by atoms with Gasteiger partial charge >= 0.3 is 6.09 Å². The van der Waals surface area contributed by atoms with Gasteiger partial charge in [-0.15, -0.1) is 0 Å². The first-order valence-electron chi connectivity index (χ1n) is 8.78. The minimum atomic E-state index is -0.715. The summed E-state index contributed by atoms with van der Waals surface area (Å²) < 4.78 is 5.39. The normalized spacial score (nSPS) is 18.7. The first kappa shape index (κ1) is 17.5. The Labute approximate surface area is 150 Å². The first-order valence-corrected chi connectivity index (χ1v) is 8.78. The number of rotatable bonds is 2. The Bertz CT molecular complexity index is 798. The second-order valence-electron chi connectivity index (χ2n) is 8.72. The van der Waals surface area contributed by atoms with Crippen molar-refractivity contribution in [2.45, 2.75) is 52.6 Å². The molecule has 2 aromatic rings. The van der Waals surface area contributed by atoms with Crippen molar-refractivity contribution in [2.24, 2.45) is 11.1 Å². The molecule has 3 heteroatoms. The van der Waals surface area contributed by atoms with Crippen molar-refractivity contribution in [2.75, 3.05) is 0 Å². The van der Waals surface area contributed by atoms with Crippen LogP contribution in [0, 0.1) is 5.41 Å². The molecule has 0 saturated carbocycles. The Morgan fingerprint density at radius 2 is 1.68 bits per heavy atom. The number of primary amides is 1. The van der Waals surface area contributed by atoms with E-state index in [2.05, 4.69) is 77.1 Å². The van der Waals surface area contributed by atoms with Crippen LogP contribution in [-0.4, -0.2) is 6.09 Å². The molecule has 0 heterocycles. The standard InChI is InChI=1S/C22H27NO2/c1-21(2,3)17-9-6-14(7-10-17)15-8-11-18-16(12-15)13-22(4,5)19(18)25-20(23)24/h6-12,19H,13H2,1-5H3,(H2,23,24)/t19-/m0/s1. The highest BCUT2D eigenvalue weighted by Crippen LogP contribution is 2.48. The summed E-state index contributed by atoms with van der Waals surface area (Å²) in [6.45, 7) is 10.9. The molecule has 132 valence electrons. The van der Waals surface area contributed by atoms with Gasteiger partial charge in [0.25, 0.3) is 0 Å². The van der Waals surface area contributed by atoms with Crippen molar-refractivity contribution in [1.82, 2.24) is 0 Å². The number of carbonyl (C=O) groups excluding carboxylic acids is 1. The number of hydrogen-bond acceptors (Lipinski definition) is 2. The largest absolute Gasteiger partial charge is 0.441 e. The van der Waals surface area contributed by atoms with Crippen LogP contribution in [0.2, 0.25) is 0 Å². The number of benzene rings is 2.